The van der Waals surface area contributed by atoms with Gasteiger partial charge in [0.25, 0.3) is 0 Å². The SMILES string of the molecule is CC(N)Cc1ccc(Sc2n[nH]c(=O)n2C2CC2)cc1Cl. The van der Waals surface area contributed by atoms with Crippen molar-refractivity contribution in [3.8, 4) is 0 Å². The van der Waals surface area contributed by atoms with E-state index in [1.165, 1.54) is 11.8 Å². The number of H-pyrrole nitrogens is 1. The largest absolute Gasteiger partial charge is 0.344 e. The van der Waals surface area contributed by atoms with Crippen LogP contribution in [0.3, 0.4) is 0 Å². The maximum Gasteiger partial charge on any atom is 0.344 e. The summed E-state index contributed by atoms with van der Waals surface area (Å²) in [6.07, 6.45) is 2.83. The second-order valence-electron chi connectivity index (χ2n) is 5.45. The average Bonchev–Trinajstić information content (AvgIpc) is 3.18. The molecule has 1 unspecified atom stereocenters. The molecule has 1 atom stereocenters. The van der Waals surface area contributed by atoms with Gasteiger partial charge in [-0.25, -0.2) is 9.89 Å². The van der Waals surface area contributed by atoms with E-state index in [9.17, 15) is 4.79 Å². The van der Waals surface area contributed by atoms with Crippen LogP contribution in [0.5, 0.6) is 0 Å². The molecule has 1 heterocycles. The molecule has 1 aromatic carbocycles. The highest BCUT2D eigenvalue weighted by atomic mass is 35.5. The first-order chi connectivity index (χ1) is 10.0. The number of rotatable bonds is 5. The summed E-state index contributed by atoms with van der Waals surface area (Å²) in [7, 11) is 0. The number of nitrogens with zero attached hydrogens (tertiary/aromatic N) is 2. The van der Waals surface area contributed by atoms with Crippen molar-refractivity contribution in [3.05, 3.63) is 39.3 Å². The molecule has 3 N–H and O–H groups in total. The molecule has 0 amide bonds. The van der Waals surface area contributed by atoms with E-state index in [1.807, 2.05) is 25.1 Å². The molecule has 2 aromatic rings. The minimum atomic E-state index is -0.139. The molecule has 112 valence electrons. The van der Waals surface area contributed by atoms with Gasteiger partial charge in [-0.2, -0.15) is 0 Å². The van der Waals surface area contributed by atoms with Crippen LogP contribution in [0.25, 0.3) is 0 Å². The van der Waals surface area contributed by atoms with Crippen LogP contribution in [0.4, 0.5) is 0 Å². The Bertz CT molecular complexity index is 705. The van der Waals surface area contributed by atoms with Crippen molar-refractivity contribution in [1.29, 1.82) is 0 Å². The molecule has 0 aliphatic heterocycles. The van der Waals surface area contributed by atoms with E-state index in [4.69, 9.17) is 17.3 Å². The van der Waals surface area contributed by atoms with Gasteiger partial charge in [-0.15, -0.1) is 5.10 Å². The van der Waals surface area contributed by atoms with Gasteiger partial charge >= 0.3 is 5.69 Å². The van der Waals surface area contributed by atoms with Gasteiger partial charge in [-0.1, -0.05) is 17.7 Å². The molecule has 1 saturated carbocycles. The standard InChI is InChI=1S/C14H17ClN4OS/c1-8(16)6-9-2-5-11(7-12(9)15)21-14-18-17-13(20)19(14)10-3-4-10/h2,5,7-8,10H,3-4,6,16H2,1H3,(H,17,20). The highest BCUT2D eigenvalue weighted by Gasteiger charge is 2.28. The number of halogens is 1. The van der Waals surface area contributed by atoms with Gasteiger partial charge in [0.1, 0.15) is 0 Å². The number of hydrogen-bond donors (Lipinski definition) is 2. The summed E-state index contributed by atoms with van der Waals surface area (Å²) in [5, 5.41) is 8.01. The maximum absolute atomic E-state index is 11.7. The first-order valence-corrected chi connectivity index (χ1v) is 8.13. The second-order valence-corrected chi connectivity index (χ2v) is 6.90. The predicted octanol–water partition coefficient (Wildman–Crippen LogP) is 2.60. The van der Waals surface area contributed by atoms with Crippen LogP contribution >= 0.6 is 23.4 Å². The van der Waals surface area contributed by atoms with Gasteiger partial charge in [-0.3, -0.25) is 4.57 Å². The van der Waals surface area contributed by atoms with Crippen molar-refractivity contribution < 1.29 is 0 Å². The fourth-order valence-electron chi connectivity index (χ4n) is 2.23. The van der Waals surface area contributed by atoms with Crippen molar-refractivity contribution in [2.45, 2.75) is 48.3 Å². The van der Waals surface area contributed by atoms with Crippen molar-refractivity contribution in [1.82, 2.24) is 14.8 Å². The Kier molecular flexibility index (Phi) is 4.10. The van der Waals surface area contributed by atoms with E-state index in [2.05, 4.69) is 10.2 Å². The van der Waals surface area contributed by atoms with E-state index in [0.717, 1.165) is 29.7 Å². The predicted molar refractivity (Wildman–Crippen MR) is 84.0 cm³/mol. The zero-order valence-corrected chi connectivity index (χ0v) is 13.2. The summed E-state index contributed by atoms with van der Waals surface area (Å²) in [6, 6.07) is 6.25. The molecular formula is C14H17ClN4OS. The van der Waals surface area contributed by atoms with Gasteiger partial charge in [0.2, 0.25) is 0 Å². The zero-order chi connectivity index (χ0) is 15.0. The molecule has 3 rings (SSSR count). The molecule has 1 aliphatic carbocycles. The van der Waals surface area contributed by atoms with E-state index in [0.29, 0.717) is 16.2 Å². The Morgan fingerprint density at radius 2 is 2.33 bits per heavy atom. The molecule has 0 bridgehead atoms. The highest BCUT2D eigenvalue weighted by molar-refractivity contribution is 7.99. The molecule has 5 nitrogen and oxygen atoms in total. The minimum Gasteiger partial charge on any atom is -0.328 e. The number of aromatic amines is 1. The Hall–Kier alpha value is -1.24. The van der Waals surface area contributed by atoms with Crippen LogP contribution < -0.4 is 11.4 Å². The fourth-order valence-corrected chi connectivity index (χ4v) is 3.49. The van der Waals surface area contributed by atoms with Gasteiger partial charge in [-0.05, 0) is 55.6 Å². The van der Waals surface area contributed by atoms with Crippen LogP contribution in [-0.2, 0) is 6.42 Å². The smallest absolute Gasteiger partial charge is 0.328 e. The maximum atomic E-state index is 11.7. The third kappa shape index (κ3) is 3.33. The molecule has 1 aliphatic rings. The number of aromatic nitrogens is 3. The molecule has 1 fully saturated rings. The Balaban J connectivity index is 1.82. The van der Waals surface area contributed by atoms with E-state index < -0.39 is 0 Å². The lowest BCUT2D eigenvalue weighted by Crippen LogP contribution is -2.17. The lowest BCUT2D eigenvalue weighted by atomic mass is 10.1. The zero-order valence-electron chi connectivity index (χ0n) is 11.7. The first-order valence-electron chi connectivity index (χ1n) is 6.93. The molecule has 7 heteroatoms. The molecular weight excluding hydrogens is 308 g/mol. The fraction of sp³-hybridized carbons (Fsp3) is 0.429. The summed E-state index contributed by atoms with van der Waals surface area (Å²) in [5.74, 6) is 0. The third-order valence-corrected chi connectivity index (χ3v) is 4.67. The van der Waals surface area contributed by atoms with Gasteiger partial charge < -0.3 is 5.73 Å². The summed E-state index contributed by atoms with van der Waals surface area (Å²) >= 11 is 7.74. The molecule has 21 heavy (non-hydrogen) atoms. The van der Waals surface area contributed by atoms with E-state index >= 15 is 0 Å². The van der Waals surface area contributed by atoms with Crippen LogP contribution in [0.1, 0.15) is 31.4 Å². The summed E-state index contributed by atoms with van der Waals surface area (Å²) in [6.45, 7) is 1.96. The Morgan fingerprint density at radius 3 is 2.95 bits per heavy atom. The lowest BCUT2D eigenvalue weighted by Gasteiger charge is -2.09. The van der Waals surface area contributed by atoms with Crippen LogP contribution in [-0.4, -0.2) is 20.8 Å². The number of benzene rings is 1. The normalized spacial score (nSPS) is 16.1. The van der Waals surface area contributed by atoms with Crippen molar-refractivity contribution in [3.63, 3.8) is 0 Å². The topological polar surface area (TPSA) is 76.7 Å². The first kappa shape index (κ1) is 14.7. The van der Waals surface area contributed by atoms with Crippen LogP contribution in [0, 0.1) is 0 Å². The average molecular weight is 325 g/mol. The quantitative estimate of drug-likeness (QED) is 0.886. The van der Waals surface area contributed by atoms with Crippen LogP contribution in [0.15, 0.2) is 33.0 Å². The van der Waals surface area contributed by atoms with Gasteiger partial charge in [0.15, 0.2) is 5.16 Å². The van der Waals surface area contributed by atoms with Crippen molar-refractivity contribution in [2.75, 3.05) is 0 Å². The van der Waals surface area contributed by atoms with Gasteiger partial charge in [0.05, 0.1) is 0 Å². The van der Waals surface area contributed by atoms with Crippen molar-refractivity contribution in [2.24, 2.45) is 5.73 Å². The lowest BCUT2D eigenvalue weighted by molar-refractivity contribution is 0.642. The number of nitrogens with one attached hydrogen (secondary N) is 1. The van der Waals surface area contributed by atoms with Gasteiger partial charge in [0, 0.05) is 22.0 Å². The van der Waals surface area contributed by atoms with Crippen LogP contribution in [0.2, 0.25) is 5.02 Å². The summed E-state index contributed by atoms with van der Waals surface area (Å²) in [4.78, 5) is 12.7. The minimum absolute atomic E-state index is 0.0763. The van der Waals surface area contributed by atoms with Crippen molar-refractivity contribution >= 4 is 23.4 Å². The number of hydrogen-bond acceptors (Lipinski definition) is 4. The van der Waals surface area contributed by atoms with E-state index in [1.54, 1.807) is 4.57 Å². The highest BCUT2D eigenvalue weighted by Crippen LogP contribution is 2.38. The summed E-state index contributed by atoms with van der Waals surface area (Å²) in [5.41, 5.74) is 6.70. The third-order valence-electron chi connectivity index (χ3n) is 3.36. The molecule has 0 radical (unpaired) electrons. The Morgan fingerprint density at radius 1 is 1.57 bits per heavy atom. The molecule has 1 aromatic heterocycles. The number of nitrogens with two attached hydrogens (primary N) is 1. The van der Waals surface area contributed by atoms with E-state index in [-0.39, 0.29) is 11.7 Å². The second kappa shape index (κ2) is 5.87. The Labute approximate surface area is 131 Å². The molecule has 0 spiro atoms. The summed E-state index contributed by atoms with van der Waals surface area (Å²) < 4.78 is 1.73. The molecule has 0 saturated heterocycles. The monoisotopic (exact) mass is 324 g/mol.